The highest BCUT2D eigenvalue weighted by atomic mass is 19.2. The molecule has 100 valence electrons. The van der Waals surface area contributed by atoms with Crippen molar-refractivity contribution in [3.05, 3.63) is 65.5 Å². The Morgan fingerprint density at radius 1 is 1.00 bits per heavy atom. The van der Waals surface area contributed by atoms with Crippen LogP contribution in [0.4, 0.5) is 8.78 Å². The van der Waals surface area contributed by atoms with Crippen LogP contribution in [0.25, 0.3) is 11.0 Å². The number of fused-ring (bicyclic) bond motifs is 1. The van der Waals surface area contributed by atoms with Crippen LogP contribution in [0.3, 0.4) is 0 Å². The Bertz CT molecular complexity index is 789. The first kappa shape index (κ1) is 11.6. The molecule has 20 heavy (non-hydrogen) atoms. The second-order valence-corrected chi connectivity index (χ2v) is 5.29. The predicted octanol–water partition coefficient (Wildman–Crippen LogP) is 3.92. The number of nitrogens with zero attached hydrogens (tertiary/aromatic N) is 1. The number of hydrogen-bond acceptors (Lipinski definition) is 1. The Balaban J connectivity index is 1.89. The monoisotopic (exact) mass is 270 g/mol. The van der Waals surface area contributed by atoms with Crippen LogP contribution >= 0.6 is 0 Å². The quantitative estimate of drug-likeness (QED) is 0.751. The minimum atomic E-state index is -0.881. The molecule has 1 heterocycles. The molecule has 0 spiro atoms. The first-order chi connectivity index (χ1) is 9.71. The zero-order valence-corrected chi connectivity index (χ0v) is 10.7. The molecule has 1 fully saturated rings. The van der Waals surface area contributed by atoms with Gasteiger partial charge >= 0.3 is 0 Å². The van der Waals surface area contributed by atoms with E-state index in [0.717, 1.165) is 24.7 Å². The molecule has 0 bridgehead atoms. The van der Waals surface area contributed by atoms with E-state index in [1.165, 1.54) is 11.6 Å². The lowest BCUT2D eigenvalue weighted by Gasteiger charge is -2.12. The van der Waals surface area contributed by atoms with Gasteiger partial charge in [0.05, 0.1) is 10.9 Å². The summed E-state index contributed by atoms with van der Waals surface area (Å²) < 4.78 is 27.0. The second-order valence-electron chi connectivity index (χ2n) is 5.29. The van der Waals surface area contributed by atoms with Crippen LogP contribution in [-0.2, 0) is 5.41 Å². The number of nitrogens with one attached hydrogen (secondary N) is 1. The number of benzene rings is 2. The Morgan fingerprint density at radius 2 is 1.75 bits per heavy atom. The molecule has 3 aromatic rings. The van der Waals surface area contributed by atoms with Crippen molar-refractivity contribution in [2.45, 2.75) is 18.3 Å². The third kappa shape index (κ3) is 1.51. The van der Waals surface area contributed by atoms with Crippen LogP contribution < -0.4 is 0 Å². The molecular weight excluding hydrogens is 258 g/mol. The lowest BCUT2D eigenvalue weighted by Crippen LogP contribution is -2.10. The Morgan fingerprint density at radius 3 is 2.45 bits per heavy atom. The van der Waals surface area contributed by atoms with Gasteiger partial charge in [-0.25, -0.2) is 13.8 Å². The molecule has 1 N–H and O–H groups in total. The summed E-state index contributed by atoms with van der Waals surface area (Å²) in [5.74, 6) is -1.02. The molecule has 0 aliphatic heterocycles. The Labute approximate surface area is 114 Å². The summed E-state index contributed by atoms with van der Waals surface area (Å²) in [5, 5.41) is 0. The van der Waals surface area contributed by atoms with Gasteiger partial charge in [-0.15, -0.1) is 0 Å². The molecule has 4 heteroatoms. The van der Waals surface area contributed by atoms with Crippen molar-refractivity contribution in [3.63, 3.8) is 0 Å². The van der Waals surface area contributed by atoms with E-state index in [1.807, 2.05) is 18.2 Å². The van der Waals surface area contributed by atoms with Gasteiger partial charge in [-0.2, -0.15) is 0 Å². The molecule has 0 atom stereocenters. The third-order valence-corrected chi connectivity index (χ3v) is 4.08. The summed E-state index contributed by atoms with van der Waals surface area (Å²) in [6, 6.07) is 12.7. The van der Waals surface area contributed by atoms with E-state index in [2.05, 4.69) is 22.1 Å². The third-order valence-electron chi connectivity index (χ3n) is 4.08. The van der Waals surface area contributed by atoms with Crippen LogP contribution in [-0.4, -0.2) is 9.97 Å². The van der Waals surface area contributed by atoms with Crippen LogP contribution in [0.1, 0.15) is 24.2 Å². The SMILES string of the molecule is Fc1ccc2[nH]c(C3(c4ccccc4)CC3)nc2c1F. The molecule has 0 saturated heterocycles. The minimum absolute atomic E-state index is 0.0854. The topological polar surface area (TPSA) is 28.7 Å². The number of aromatic nitrogens is 2. The van der Waals surface area contributed by atoms with Gasteiger partial charge in [-0.1, -0.05) is 30.3 Å². The van der Waals surface area contributed by atoms with Gasteiger partial charge in [0, 0.05) is 0 Å². The van der Waals surface area contributed by atoms with Crippen LogP contribution in [0.15, 0.2) is 42.5 Å². The highest BCUT2D eigenvalue weighted by molar-refractivity contribution is 5.76. The maximum absolute atomic E-state index is 13.8. The number of aromatic amines is 1. The molecule has 2 nitrogen and oxygen atoms in total. The molecule has 0 unspecified atom stereocenters. The maximum atomic E-state index is 13.8. The van der Waals surface area contributed by atoms with Crippen molar-refractivity contribution in [2.75, 3.05) is 0 Å². The van der Waals surface area contributed by atoms with E-state index in [0.29, 0.717) is 5.52 Å². The standard InChI is InChI=1S/C16H12F2N2/c17-11-6-7-12-14(13(11)18)20-15(19-12)16(8-9-16)10-4-2-1-3-5-10/h1-7H,8-9H2,(H,19,20). The minimum Gasteiger partial charge on any atom is -0.341 e. The number of H-pyrrole nitrogens is 1. The molecule has 4 rings (SSSR count). The van der Waals surface area contributed by atoms with E-state index in [-0.39, 0.29) is 10.9 Å². The molecule has 0 radical (unpaired) electrons. The first-order valence-corrected chi connectivity index (χ1v) is 6.60. The molecule has 0 amide bonds. The average molecular weight is 270 g/mol. The van der Waals surface area contributed by atoms with Crippen LogP contribution in [0, 0.1) is 11.6 Å². The summed E-state index contributed by atoms with van der Waals surface area (Å²) >= 11 is 0. The molecule has 2 aromatic carbocycles. The molecule has 1 saturated carbocycles. The smallest absolute Gasteiger partial charge is 0.186 e. The fourth-order valence-electron chi connectivity index (χ4n) is 2.79. The van der Waals surface area contributed by atoms with Crippen molar-refractivity contribution < 1.29 is 8.78 Å². The molecule has 1 aliphatic carbocycles. The Kier molecular flexibility index (Phi) is 2.25. The van der Waals surface area contributed by atoms with Crippen molar-refractivity contribution >= 4 is 11.0 Å². The Hall–Kier alpha value is -2.23. The lowest BCUT2D eigenvalue weighted by atomic mass is 9.95. The normalized spacial score (nSPS) is 16.5. The number of hydrogen-bond donors (Lipinski definition) is 1. The van der Waals surface area contributed by atoms with Crippen molar-refractivity contribution in [1.82, 2.24) is 9.97 Å². The fraction of sp³-hybridized carbons (Fsp3) is 0.188. The fourth-order valence-corrected chi connectivity index (χ4v) is 2.79. The highest BCUT2D eigenvalue weighted by Crippen LogP contribution is 2.52. The lowest BCUT2D eigenvalue weighted by molar-refractivity contribution is 0.515. The van der Waals surface area contributed by atoms with E-state index in [9.17, 15) is 8.78 Å². The largest absolute Gasteiger partial charge is 0.341 e. The average Bonchev–Trinajstić information content (AvgIpc) is 3.18. The maximum Gasteiger partial charge on any atom is 0.186 e. The highest BCUT2D eigenvalue weighted by Gasteiger charge is 2.48. The van der Waals surface area contributed by atoms with Crippen molar-refractivity contribution in [3.8, 4) is 0 Å². The summed E-state index contributed by atoms with van der Waals surface area (Å²) in [7, 11) is 0. The van der Waals surface area contributed by atoms with Gasteiger partial charge in [0.1, 0.15) is 11.3 Å². The van der Waals surface area contributed by atoms with Gasteiger partial charge in [0.2, 0.25) is 0 Å². The van der Waals surface area contributed by atoms with Gasteiger partial charge in [0.15, 0.2) is 11.6 Å². The number of halogens is 2. The predicted molar refractivity (Wildman–Crippen MR) is 72.5 cm³/mol. The van der Waals surface area contributed by atoms with Gasteiger partial charge in [0.25, 0.3) is 0 Å². The van der Waals surface area contributed by atoms with Crippen molar-refractivity contribution in [1.29, 1.82) is 0 Å². The molecule has 1 aromatic heterocycles. The van der Waals surface area contributed by atoms with Crippen molar-refractivity contribution in [2.24, 2.45) is 0 Å². The van der Waals surface area contributed by atoms with Crippen LogP contribution in [0.2, 0.25) is 0 Å². The zero-order chi connectivity index (χ0) is 13.7. The summed E-state index contributed by atoms with van der Waals surface area (Å²) in [4.78, 5) is 7.46. The van der Waals surface area contributed by atoms with Crippen LogP contribution in [0.5, 0.6) is 0 Å². The van der Waals surface area contributed by atoms with E-state index in [1.54, 1.807) is 0 Å². The molecular formula is C16H12F2N2. The number of rotatable bonds is 2. The van der Waals surface area contributed by atoms with Gasteiger partial charge < -0.3 is 4.98 Å². The van der Waals surface area contributed by atoms with E-state index >= 15 is 0 Å². The van der Waals surface area contributed by atoms with Gasteiger partial charge in [-0.05, 0) is 30.5 Å². The summed E-state index contributed by atoms with van der Waals surface area (Å²) in [6.45, 7) is 0. The van der Waals surface area contributed by atoms with Gasteiger partial charge in [-0.3, -0.25) is 0 Å². The summed E-state index contributed by atoms with van der Waals surface area (Å²) in [5.41, 5.74) is 1.63. The summed E-state index contributed by atoms with van der Waals surface area (Å²) in [6.07, 6.45) is 1.95. The van der Waals surface area contributed by atoms with E-state index < -0.39 is 11.6 Å². The molecule has 1 aliphatic rings. The van der Waals surface area contributed by atoms with E-state index in [4.69, 9.17) is 0 Å². The number of imidazole rings is 1. The first-order valence-electron chi connectivity index (χ1n) is 6.60. The zero-order valence-electron chi connectivity index (χ0n) is 10.7. The second kappa shape index (κ2) is 3.88.